The van der Waals surface area contributed by atoms with Crippen molar-refractivity contribution in [2.24, 2.45) is 11.8 Å². The molecule has 2 saturated carbocycles. The van der Waals surface area contributed by atoms with Gasteiger partial charge in [-0.1, -0.05) is 25.7 Å². The van der Waals surface area contributed by atoms with Crippen molar-refractivity contribution in [2.75, 3.05) is 13.2 Å². The number of aliphatic hydroxyl groups is 2. The Morgan fingerprint density at radius 1 is 0.750 bits per heavy atom. The molecule has 6 nitrogen and oxygen atoms in total. The average Bonchev–Trinajstić information content (AvgIpc) is 2.56. The summed E-state index contributed by atoms with van der Waals surface area (Å²) in [6.07, 6.45) is 6.19. The molecule has 2 aliphatic rings. The summed E-state index contributed by atoms with van der Waals surface area (Å²) in [4.78, 5) is 22.5. The van der Waals surface area contributed by atoms with E-state index in [9.17, 15) is 19.8 Å². The fourth-order valence-electron chi connectivity index (χ4n) is 3.27. The fraction of sp³-hybridized carbons (Fsp3) is 0.889. The van der Waals surface area contributed by atoms with Gasteiger partial charge in [-0.05, 0) is 39.5 Å². The predicted molar refractivity (Wildman–Crippen MR) is 89.2 cm³/mol. The second kappa shape index (κ2) is 11.4. The Labute approximate surface area is 144 Å². The maximum absolute atomic E-state index is 11.2. The lowest BCUT2D eigenvalue weighted by Crippen LogP contribution is -2.32. The van der Waals surface area contributed by atoms with Crippen LogP contribution < -0.4 is 0 Å². The molecule has 140 valence electrons. The zero-order valence-electron chi connectivity index (χ0n) is 14.9. The van der Waals surface area contributed by atoms with Crippen LogP contribution in [0.25, 0.3) is 0 Å². The number of esters is 2. The molecule has 24 heavy (non-hydrogen) atoms. The molecule has 2 fully saturated rings. The first-order valence-electron chi connectivity index (χ1n) is 9.20. The van der Waals surface area contributed by atoms with E-state index >= 15 is 0 Å². The van der Waals surface area contributed by atoms with Gasteiger partial charge in [0.2, 0.25) is 0 Å². The molecule has 0 aromatic heterocycles. The van der Waals surface area contributed by atoms with E-state index in [-0.39, 0.29) is 23.8 Å². The van der Waals surface area contributed by atoms with E-state index in [0.717, 1.165) is 51.4 Å². The smallest absolute Gasteiger partial charge is 0.311 e. The molecule has 0 amide bonds. The van der Waals surface area contributed by atoms with Crippen LogP contribution in [0.5, 0.6) is 0 Å². The standard InChI is InChI=1S/2C9H16O3/c2*1-2-12-9(11)7-5-3-4-6-8(7)10/h2*7-8,10H,2-6H2,1H3/t2*7-,8-/m10/s1. The summed E-state index contributed by atoms with van der Waals surface area (Å²) in [6.45, 7) is 4.38. The molecule has 0 aromatic rings. The first-order valence-corrected chi connectivity index (χ1v) is 9.20. The number of aliphatic hydroxyl groups excluding tert-OH is 2. The maximum atomic E-state index is 11.2. The summed E-state index contributed by atoms with van der Waals surface area (Å²) in [7, 11) is 0. The predicted octanol–water partition coefficient (Wildman–Crippen LogP) is 2.20. The van der Waals surface area contributed by atoms with Crippen molar-refractivity contribution in [1.82, 2.24) is 0 Å². The van der Waals surface area contributed by atoms with Gasteiger partial charge in [0, 0.05) is 0 Å². The Balaban J connectivity index is 0.000000240. The molecule has 0 spiro atoms. The van der Waals surface area contributed by atoms with Crippen LogP contribution in [0.3, 0.4) is 0 Å². The number of carbonyl (C=O) groups excluding carboxylic acids is 2. The van der Waals surface area contributed by atoms with E-state index in [1.54, 1.807) is 13.8 Å². The molecular weight excluding hydrogens is 312 g/mol. The van der Waals surface area contributed by atoms with Gasteiger partial charge in [0.05, 0.1) is 37.3 Å². The van der Waals surface area contributed by atoms with Gasteiger partial charge in [-0.15, -0.1) is 0 Å². The van der Waals surface area contributed by atoms with Gasteiger partial charge in [-0.25, -0.2) is 0 Å². The van der Waals surface area contributed by atoms with Crippen LogP contribution in [-0.2, 0) is 19.1 Å². The molecular formula is C18H32O6. The molecule has 0 aliphatic heterocycles. The fourth-order valence-corrected chi connectivity index (χ4v) is 3.27. The van der Waals surface area contributed by atoms with Gasteiger partial charge in [-0.2, -0.15) is 0 Å². The maximum Gasteiger partial charge on any atom is 0.311 e. The monoisotopic (exact) mass is 344 g/mol. The van der Waals surface area contributed by atoms with Crippen molar-refractivity contribution < 1.29 is 29.3 Å². The van der Waals surface area contributed by atoms with Crippen molar-refractivity contribution in [3.05, 3.63) is 0 Å². The molecule has 0 heterocycles. The van der Waals surface area contributed by atoms with Crippen LogP contribution in [0.2, 0.25) is 0 Å². The Hall–Kier alpha value is -1.14. The first-order chi connectivity index (χ1) is 11.5. The third kappa shape index (κ3) is 6.77. The Morgan fingerprint density at radius 2 is 1.08 bits per heavy atom. The van der Waals surface area contributed by atoms with Gasteiger partial charge >= 0.3 is 11.9 Å². The molecule has 6 heteroatoms. The van der Waals surface area contributed by atoms with Crippen LogP contribution in [0.1, 0.15) is 65.2 Å². The zero-order chi connectivity index (χ0) is 17.9. The highest BCUT2D eigenvalue weighted by Crippen LogP contribution is 2.26. The SMILES string of the molecule is CCOC(=O)[C@@H]1CCCC[C@H]1O.CCOC(=O)[C@H]1CCCC[C@@H]1O. The van der Waals surface area contributed by atoms with Gasteiger partial charge in [0.15, 0.2) is 0 Å². The Bertz CT molecular complexity index is 348. The normalized spacial score (nSPS) is 29.8. The van der Waals surface area contributed by atoms with Gasteiger partial charge in [-0.3, -0.25) is 9.59 Å². The summed E-state index contributed by atoms with van der Waals surface area (Å²) in [5.74, 6) is -0.994. The summed E-state index contributed by atoms with van der Waals surface area (Å²) in [6, 6.07) is 0. The number of rotatable bonds is 4. The lowest BCUT2D eigenvalue weighted by atomic mass is 9.87. The van der Waals surface area contributed by atoms with E-state index in [1.807, 2.05) is 0 Å². The zero-order valence-corrected chi connectivity index (χ0v) is 14.9. The summed E-state index contributed by atoms with van der Waals surface area (Å²) in [5.41, 5.74) is 0. The molecule has 2 aliphatic carbocycles. The van der Waals surface area contributed by atoms with E-state index in [1.165, 1.54) is 0 Å². The van der Waals surface area contributed by atoms with E-state index < -0.39 is 12.2 Å². The molecule has 0 unspecified atom stereocenters. The number of carbonyl (C=O) groups is 2. The van der Waals surface area contributed by atoms with Crippen molar-refractivity contribution in [3.8, 4) is 0 Å². The van der Waals surface area contributed by atoms with Crippen molar-refractivity contribution in [2.45, 2.75) is 77.4 Å². The lowest BCUT2D eigenvalue weighted by Gasteiger charge is -2.25. The highest BCUT2D eigenvalue weighted by atomic mass is 16.5. The summed E-state index contributed by atoms with van der Waals surface area (Å²) < 4.78 is 9.71. The first kappa shape index (κ1) is 20.9. The number of hydrogen-bond acceptors (Lipinski definition) is 6. The molecule has 0 bridgehead atoms. The van der Waals surface area contributed by atoms with Crippen molar-refractivity contribution >= 4 is 11.9 Å². The molecule has 2 rings (SSSR count). The van der Waals surface area contributed by atoms with Crippen LogP contribution >= 0.6 is 0 Å². The Kier molecular flexibility index (Phi) is 9.95. The lowest BCUT2D eigenvalue weighted by molar-refractivity contribution is -0.154. The van der Waals surface area contributed by atoms with Gasteiger partial charge in [0.25, 0.3) is 0 Å². The highest BCUT2D eigenvalue weighted by Gasteiger charge is 2.31. The molecule has 2 N–H and O–H groups in total. The molecule has 4 atom stereocenters. The second-order valence-corrected chi connectivity index (χ2v) is 6.42. The minimum absolute atomic E-state index is 0.232. The summed E-state index contributed by atoms with van der Waals surface area (Å²) in [5, 5.41) is 18.9. The quantitative estimate of drug-likeness (QED) is 0.760. The van der Waals surface area contributed by atoms with E-state index in [4.69, 9.17) is 9.47 Å². The molecule has 0 aromatic carbocycles. The number of hydrogen-bond donors (Lipinski definition) is 2. The van der Waals surface area contributed by atoms with Crippen LogP contribution in [0.4, 0.5) is 0 Å². The van der Waals surface area contributed by atoms with Crippen molar-refractivity contribution in [3.63, 3.8) is 0 Å². The second-order valence-electron chi connectivity index (χ2n) is 6.42. The van der Waals surface area contributed by atoms with Crippen LogP contribution in [0.15, 0.2) is 0 Å². The van der Waals surface area contributed by atoms with E-state index in [2.05, 4.69) is 0 Å². The minimum atomic E-state index is -0.474. The topological polar surface area (TPSA) is 93.1 Å². The number of ether oxygens (including phenoxy) is 2. The third-order valence-electron chi connectivity index (χ3n) is 4.64. The largest absolute Gasteiger partial charge is 0.466 e. The van der Waals surface area contributed by atoms with Crippen molar-refractivity contribution in [1.29, 1.82) is 0 Å². The third-order valence-corrected chi connectivity index (χ3v) is 4.64. The van der Waals surface area contributed by atoms with E-state index in [0.29, 0.717) is 13.2 Å². The van der Waals surface area contributed by atoms with Crippen LogP contribution in [0, 0.1) is 11.8 Å². The minimum Gasteiger partial charge on any atom is -0.466 e. The van der Waals surface area contributed by atoms with Crippen LogP contribution in [-0.4, -0.2) is 47.6 Å². The molecule has 0 saturated heterocycles. The Morgan fingerprint density at radius 3 is 1.38 bits per heavy atom. The average molecular weight is 344 g/mol. The summed E-state index contributed by atoms with van der Waals surface area (Å²) >= 11 is 0. The van der Waals surface area contributed by atoms with Gasteiger partial charge in [0.1, 0.15) is 0 Å². The van der Waals surface area contributed by atoms with Gasteiger partial charge < -0.3 is 19.7 Å². The highest BCUT2D eigenvalue weighted by molar-refractivity contribution is 5.73. The molecule has 0 radical (unpaired) electrons.